The minimum absolute atomic E-state index is 0.477. The first kappa shape index (κ1) is 13.4. The zero-order valence-corrected chi connectivity index (χ0v) is 13.2. The van der Waals surface area contributed by atoms with Gasteiger partial charge < -0.3 is 4.42 Å². The largest absolute Gasteiger partial charge is 0.410 e. The number of aromatic nitrogens is 4. The van der Waals surface area contributed by atoms with Crippen LogP contribution in [-0.4, -0.2) is 20.2 Å². The highest BCUT2D eigenvalue weighted by Gasteiger charge is 2.13. The lowest BCUT2D eigenvalue weighted by Crippen LogP contribution is -1.87. The van der Waals surface area contributed by atoms with Crippen LogP contribution in [0.1, 0.15) is 5.56 Å². The molecule has 7 heteroatoms. The molecule has 0 atom stereocenters. The van der Waals surface area contributed by atoms with Crippen LogP contribution < -0.4 is 0 Å². The van der Waals surface area contributed by atoms with Gasteiger partial charge in [-0.1, -0.05) is 17.7 Å². The highest BCUT2D eigenvalue weighted by molar-refractivity contribution is 7.99. The van der Waals surface area contributed by atoms with Gasteiger partial charge in [0.1, 0.15) is 11.4 Å². The van der Waals surface area contributed by atoms with E-state index in [1.807, 2.05) is 36.6 Å². The summed E-state index contributed by atoms with van der Waals surface area (Å²) in [5, 5.41) is 12.4. The molecule has 0 radical (unpaired) electrons. The minimum atomic E-state index is 0.477. The Labute approximate surface area is 134 Å². The molecule has 0 spiro atoms. The number of hydrogen-bond acceptors (Lipinski definition) is 7. The molecule has 0 amide bonds. The van der Waals surface area contributed by atoms with E-state index in [0.717, 1.165) is 26.4 Å². The molecule has 0 bridgehead atoms. The van der Waals surface area contributed by atoms with Gasteiger partial charge in [-0.2, -0.15) is 0 Å². The van der Waals surface area contributed by atoms with E-state index < -0.39 is 0 Å². The van der Waals surface area contributed by atoms with Crippen LogP contribution in [0, 0.1) is 6.92 Å². The smallest absolute Gasteiger partial charge is 0.283 e. The van der Waals surface area contributed by atoms with Crippen LogP contribution in [0.5, 0.6) is 0 Å². The van der Waals surface area contributed by atoms with E-state index in [-0.39, 0.29) is 0 Å². The molecule has 0 unspecified atom stereocenters. The van der Waals surface area contributed by atoms with Crippen LogP contribution in [0.2, 0.25) is 0 Å². The molecular formula is C15H10N4OS2. The Bertz CT molecular complexity index is 934. The normalized spacial score (nSPS) is 11.1. The van der Waals surface area contributed by atoms with Crippen LogP contribution in [0.3, 0.4) is 0 Å². The summed E-state index contributed by atoms with van der Waals surface area (Å²) in [5.74, 6) is 0.534. The maximum atomic E-state index is 5.70. The Balaban J connectivity index is 1.71. The highest BCUT2D eigenvalue weighted by atomic mass is 32.2. The first-order valence-corrected chi connectivity index (χ1v) is 8.26. The van der Waals surface area contributed by atoms with Crippen LogP contribution in [0.15, 0.2) is 56.7 Å². The van der Waals surface area contributed by atoms with Gasteiger partial charge in [-0.05, 0) is 42.3 Å². The Hall–Kier alpha value is -2.25. The number of thiophene rings is 1. The first-order valence-electron chi connectivity index (χ1n) is 6.56. The third-order valence-corrected chi connectivity index (χ3v) is 4.79. The van der Waals surface area contributed by atoms with E-state index in [2.05, 4.69) is 26.2 Å². The van der Waals surface area contributed by atoms with Gasteiger partial charge in [0.2, 0.25) is 0 Å². The van der Waals surface area contributed by atoms with E-state index in [0.29, 0.717) is 11.1 Å². The first-order chi connectivity index (χ1) is 10.8. The zero-order valence-electron chi connectivity index (χ0n) is 11.6. The minimum Gasteiger partial charge on any atom is -0.410 e. The van der Waals surface area contributed by atoms with Gasteiger partial charge >= 0.3 is 0 Å². The second-order valence-electron chi connectivity index (χ2n) is 4.65. The number of aryl methyl sites for hydroxylation is 1. The summed E-state index contributed by atoms with van der Waals surface area (Å²) in [6.45, 7) is 2.04. The van der Waals surface area contributed by atoms with Crippen molar-refractivity contribution in [2.75, 3.05) is 0 Å². The molecule has 108 valence electrons. The Morgan fingerprint density at radius 1 is 1.14 bits per heavy atom. The van der Waals surface area contributed by atoms with E-state index in [1.54, 1.807) is 17.7 Å². The summed E-state index contributed by atoms with van der Waals surface area (Å²) in [6.07, 6.45) is 1.55. The second kappa shape index (κ2) is 5.51. The molecule has 3 aromatic heterocycles. The second-order valence-corrected chi connectivity index (χ2v) is 6.54. The van der Waals surface area contributed by atoms with Gasteiger partial charge in [0.25, 0.3) is 11.1 Å². The van der Waals surface area contributed by atoms with Crippen molar-refractivity contribution in [3.63, 3.8) is 0 Å². The number of nitrogens with zero attached hydrogens (tertiary/aromatic N) is 4. The van der Waals surface area contributed by atoms with Crippen molar-refractivity contribution >= 4 is 34.0 Å². The summed E-state index contributed by atoms with van der Waals surface area (Å²) >= 11 is 2.93. The van der Waals surface area contributed by atoms with Crippen molar-refractivity contribution in [3.8, 4) is 10.8 Å². The zero-order chi connectivity index (χ0) is 14.9. The van der Waals surface area contributed by atoms with Gasteiger partial charge in [-0.15, -0.1) is 21.5 Å². The molecule has 4 aromatic rings. The molecule has 5 nitrogen and oxygen atoms in total. The molecule has 3 heterocycles. The van der Waals surface area contributed by atoms with Crippen LogP contribution >= 0.6 is 23.1 Å². The van der Waals surface area contributed by atoms with E-state index in [9.17, 15) is 0 Å². The predicted octanol–water partition coefficient (Wildman–Crippen LogP) is 4.20. The fraction of sp³-hybridized carbons (Fsp3) is 0.0667. The molecule has 0 saturated heterocycles. The maximum absolute atomic E-state index is 5.70. The summed E-state index contributed by atoms with van der Waals surface area (Å²) in [4.78, 5) is 9.58. The highest BCUT2D eigenvalue weighted by Crippen LogP contribution is 2.33. The Morgan fingerprint density at radius 3 is 2.95 bits per heavy atom. The maximum Gasteiger partial charge on any atom is 0.283 e. The van der Waals surface area contributed by atoms with Gasteiger partial charge in [-0.3, -0.25) is 0 Å². The fourth-order valence-electron chi connectivity index (χ4n) is 2.06. The molecule has 22 heavy (non-hydrogen) atoms. The molecule has 0 N–H and O–H groups in total. The quantitative estimate of drug-likeness (QED) is 0.526. The van der Waals surface area contributed by atoms with Crippen molar-refractivity contribution in [1.82, 2.24) is 20.2 Å². The number of rotatable bonds is 3. The summed E-state index contributed by atoms with van der Waals surface area (Å²) < 4.78 is 5.70. The SMILES string of the molecule is Cc1ccc2ncnc(Sc3nnc(-c4cccs4)o3)c2c1. The third-order valence-electron chi connectivity index (χ3n) is 3.08. The number of fused-ring (bicyclic) bond motifs is 1. The summed E-state index contributed by atoms with van der Waals surface area (Å²) in [6, 6.07) is 9.99. The van der Waals surface area contributed by atoms with Crippen molar-refractivity contribution in [3.05, 3.63) is 47.6 Å². The standard InChI is InChI=1S/C15H10N4OS2/c1-9-4-5-11-10(7-9)14(17-8-16-11)22-15-19-18-13(20-15)12-3-2-6-21-12/h2-8H,1H3. The van der Waals surface area contributed by atoms with Gasteiger partial charge in [0.15, 0.2) is 0 Å². The monoisotopic (exact) mass is 326 g/mol. The van der Waals surface area contributed by atoms with Gasteiger partial charge in [0.05, 0.1) is 10.4 Å². The number of benzene rings is 1. The third kappa shape index (κ3) is 2.49. The lowest BCUT2D eigenvalue weighted by molar-refractivity contribution is 0.466. The number of hydrogen-bond donors (Lipinski definition) is 0. The van der Waals surface area contributed by atoms with E-state index in [4.69, 9.17) is 4.42 Å². The Morgan fingerprint density at radius 2 is 2.09 bits per heavy atom. The van der Waals surface area contributed by atoms with Crippen molar-refractivity contribution in [2.45, 2.75) is 17.2 Å². The molecule has 0 fully saturated rings. The summed E-state index contributed by atoms with van der Waals surface area (Å²) in [7, 11) is 0. The fourth-order valence-corrected chi connectivity index (χ4v) is 3.45. The van der Waals surface area contributed by atoms with Crippen molar-refractivity contribution in [2.24, 2.45) is 0 Å². The topological polar surface area (TPSA) is 64.7 Å². The average molecular weight is 326 g/mol. The molecule has 1 aromatic carbocycles. The van der Waals surface area contributed by atoms with E-state index >= 15 is 0 Å². The summed E-state index contributed by atoms with van der Waals surface area (Å²) in [5.41, 5.74) is 2.06. The molecule has 4 rings (SSSR count). The van der Waals surface area contributed by atoms with Gasteiger partial charge in [-0.25, -0.2) is 9.97 Å². The Kier molecular flexibility index (Phi) is 3.36. The van der Waals surface area contributed by atoms with Crippen LogP contribution in [-0.2, 0) is 0 Å². The van der Waals surface area contributed by atoms with Gasteiger partial charge in [0, 0.05) is 5.39 Å². The predicted molar refractivity (Wildman–Crippen MR) is 86.0 cm³/mol. The molecule has 0 aliphatic heterocycles. The van der Waals surface area contributed by atoms with Crippen LogP contribution in [0.4, 0.5) is 0 Å². The van der Waals surface area contributed by atoms with Crippen molar-refractivity contribution in [1.29, 1.82) is 0 Å². The van der Waals surface area contributed by atoms with Crippen molar-refractivity contribution < 1.29 is 4.42 Å². The average Bonchev–Trinajstić information content (AvgIpc) is 3.18. The van der Waals surface area contributed by atoms with Crippen LogP contribution in [0.25, 0.3) is 21.7 Å². The lowest BCUT2D eigenvalue weighted by atomic mass is 10.2. The molecule has 0 aliphatic carbocycles. The molecule has 0 saturated carbocycles. The molecular weight excluding hydrogens is 316 g/mol. The van der Waals surface area contributed by atoms with E-state index in [1.165, 1.54) is 11.8 Å². The lowest BCUT2D eigenvalue weighted by Gasteiger charge is -2.02. The molecule has 0 aliphatic rings.